The molecule has 1 aromatic carbocycles. The molecule has 0 saturated carbocycles. The Balaban J connectivity index is 1.68. The standard InChI is InChI=1S/C19H17ClN4O4S/c1-10-15(11(2)28-24-10)9-29-19-13(4-3-7-21-19)17(26)22-23-18(27)14-8-12(20)5-6-16(14)25/h3-8,25H,9H2,1-2H3,(H,22,26)(H,23,27). The molecule has 0 fully saturated rings. The van der Waals surface area contributed by atoms with E-state index < -0.39 is 11.8 Å². The second kappa shape index (κ2) is 8.97. The number of hydrogen-bond acceptors (Lipinski definition) is 7. The lowest BCUT2D eigenvalue weighted by Crippen LogP contribution is -2.41. The first kappa shape index (κ1) is 20.7. The van der Waals surface area contributed by atoms with E-state index in [2.05, 4.69) is 21.0 Å². The van der Waals surface area contributed by atoms with Crippen LogP contribution in [0.1, 0.15) is 37.7 Å². The summed E-state index contributed by atoms with van der Waals surface area (Å²) in [6, 6.07) is 7.27. The fourth-order valence-corrected chi connectivity index (χ4v) is 3.78. The Kier molecular flexibility index (Phi) is 6.40. The monoisotopic (exact) mass is 432 g/mol. The summed E-state index contributed by atoms with van der Waals surface area (Å²) in [4.78, 5) is 29.0. The fraction of sp³-hybridized carbons (Fsp3) is 0.158. The van der Waals surface area contributed by atoms with Gasteiger partial charge in [0.05, 0.1) is 16.8 Å². The van der Waals surface area contributed by atoms with E-state index >= 15 is 0 Å². The van der Waals surface area contributed by atoms with Gasteiger partial charge in [-0.2, -0.15) is 0 Å². The van der Waals surface area contributed by atoms with Crippen molar-refractivity contribution in [1.29, 1.82) is 0 Å². The Morgan fingerprint density at radius 3 is 2.59 bits per heavy atom. The van der Waals surface area contributed by atoms with E-state index in [0.29, 0.717) is 22.1 Å². The van der Waals surface area contributed by atoms with E-state index in [-0.39, 0.29) is 16.3 Å². The van der Waals surface area contributed by atoms with Crippen molar-refractivity contribution in [2.75, 3.05) is 0 Å². The molecule has 0 aliphatic rings. The number of nitrogens with zero attached hydrogens (tertiary/aromatic N) is 2. The van der Waals surface area contributed by atoms with Gasteiger partial charge >= 0.3 is 0 Å². The Hall–Kier alpha value is -3.04. The molecule has 10 heteroatoms. The van der Waals surface area contributed by atoms with Crippen molar-refractivity contribution in [2.24, 2.45) is 0 Å². The minimum atomic E-state index is -0.702. The van der Waals surface area contributed by atoms with Crippen LogP contribution in [0.3, 0.4) is 0 Å². The zero-order chi connectivity index (χ0) is 21.0. The summed E-state index contributed by atoms with van der Waals surface area (Å²) in [6.07, 6.45) is 1.58. The van der Waals surface area contributed by atoms with E-state index in [0.717, 1.165) is 11.3 Å². The van der Waals surface area contributed by atoms with Gasteiger partial charge in [-0.15, -0.1) is 11.8 Å². The zero-order valence-electron chi connectivity index (χ0n) is 15.5. The maximum absolute atomic E-state index is 12.5. The molecule has 2 heterocycles. The number of pyridine rings is 1. The average Bonchev–Trinajstić information content (AvgIpc) is 3.03. The van der Waals surface area contributed by atoms with Crippen molar-refractivity contribution in [3.05, 3.63) is 69.7 Å². The summed E-state index contributed by atoms with van der Waals surface area (Å²) in [5.41, 5.74) is 6.54. The molecule has 8 nitrogen and oxygen atoms in total. The van der Waals surface area contributed by atoms with Crippen molar-refractivity contribution in [1.82, 2.24) is 21.0 Å². The van der Waals surface area contributed by atoms with Gasteiger partial charge in [-0.3, -0.25) is 20.4 Å². The number of amides is 2. The Morgan fingerprint density at radius 1 is 1.17 bits per heavy atom. The van der Waals surface area contributed by atoms with Crippen LogP contribution in [0.2, 0.25) is 5.02 Å². The highest BCUT2D eigenvalue weighted by molar-refractivity contribution is 7.98. The Bertz CT molecular complexity index is 1050. The number of halogens is 1. The van der Waals surface area contributed by atoms with Crippen LogP contribution >= 0.6 is 23.4 Å². The van der Waals surface area contributed by atoms with Gasteiger partial charge in [-0.25, -0.2) is 4.98 Å². The van der Waals surface area contributed by atoms with E-state index in [1.807, 2.05) is 13.8 Å². The first-order valence-electron chi connectivity index (χ1n) is 8.45. The highest BCUT2D eigenvalue weighted by atomic mass is 35.5. The van der Waals surface area contributed by atoms with Crippen LogP contribution in [-0.4, -0.2) is 27.1 Å². The van der Waals surface area contributed by atoms with Crippen molar-refractivity contribution in [2.45, 2.75) is 24.6 Å². The van der Waals surface area contributed by atoms with Gasteiger partial charge < -0.3 is 9.63 Å². The molecule has 3 aromatic rings. The van der Waals surface area contributed by atoms with Crippen LogP contribution in [-0.2, 0) is 5.75 Å². The number of thioether (sulfide) groups is 1. The average molecular weight is 433 g/mol. The molecular weight excluding hydrogens is 416 g/mol. The largest absolute Gasteiger partial charge is 0.507 e. The van der Waals surface area contributed by atoms with Crippen molar-refractivity contribution in [3.8, 4) is 5.75 Å². The highest BCUT2D eigenvalue weighted by Crippen LogP contribution is 2.27. The number of phenols is 1. The number of aromatic nitrogens is 2. The van der Waals surface area contributed by atoms with Gasteiger partial charge in [-0.1, -0.05) is 16.8 Å². The lowest BCUT2D eigenvalue weighted by Gasteiger charge is -2.11. The summed E-state index contributed by atoms with van der Waals surface area (Å²) in [7, 11) is 0. The first-order chi connectivity index (χ1) is 13.9. The number of aryl methyl sites for hydroxylation is 2. The second-order valence-electron chi connectivity index (χ2n) is 6.02. The third kappa shape index (κ3) is 4.87. The summed E-state index contributed by atoms with van der Waals surface area (Å²) in [5, 5.41) is 14.5. The molecule has 29 heavy (non-hydrogen) atoms. The first-order valence-corrected chi connectivity index (χ1v) is 9.82. The number of aromatic hydroxyl groups is 1. The zero-order valence-corrected chi connectivity index (χ0v) is 17.1. The molecule has 2 amide bonds. The van der Waals surface area contributed by atoms with Gasteiger partial charge in [0.15, 0.2) is 0 Å². The fourth-order valence-electron chi connectivity index (χ4n) is 2.47. The lowest BCUT2D eigenvalue weighted by molar-refractivity contribution is 0.0843. The molecule has 0 aliphatic heterocycles. The molecule has 3 N–H and O–H groups in total. The minimum absolute atomic E-state index is 0.0583. The van der Waals surface area contributed by atoms with Crippen LogP contribution < -0.4 is 10.9 Å². The summed E-state index contributed by atoms with van der Waals surface area (Å²) >= 11 is 7.19. The van der Waals surface area contributed by atoms with Crippen LogP contribution in [0, 0.1) is 13.8 Å². The van der Waals surface area contributed by atoms with E-state index in [1.165, 1.54) is 30.0 Å². The van der Waals surface area contributed by atoms with Gasteiger partial charge in [0.2, 0.25) is 0 Å². The molecule has 0 radical (unpaired) electrons. The molecule has 150 valence electrons. The third-order valence-corrected chi connectivity index (χ3v) is 5.31. The number of carbonyl (C=O) groups excluding carboxylic acids is 2. The van der Waals surface area contributed by atoms with E-state index in [1.54, 1.807) is 18.3 Å². The normalized spacial score (nSPS) is 10.6. The van der Waals surface area contributed by atoms with Crippen LogP contribution in [0.5, 0.6) is 5.75 Å². The molecule has 2 aromatic heterocycles. The van der Waals surface area contributed by atoms with E-state index in [9.17, 15) is 14.7 Å². The number of carbonyl (C=O) groups is 2. The molecule has 3 rings (SSSR count). The van der Waals surface area contributed by atoms with Crippen LogP contribution in [0.25, 0.3) is 0 Å². The predicted octanol–water partition coefficient (Wildman–Crippen LogP) is 3.41. The minimum Gasteiger partial charge on any atom is -0.507 e. The molecule has 0 saturated heterocycles. The number of nitrogens with one attached hydrogen (secondary N) is 2. The molecule has 0 bridgehead atoms. The lowest BCUT2D eigenvalue weighted by atomic mass is 10.2. The van der Waals surface area contributed by atoms with Gasteiger partial charge in [-0.05, 0) is 44.2 Å². The van der Waals surface area contributed by atoms with Gasteiger partial charge in [0.25, 0.3) is 11.8 Å². The Morgan fingerprint density at radius 2 is 1.90 bits per heavy atom. The molecule has 0 spiro atoms. The van der Waals surface area contributed by atoms with Crippen LogP contribution in [0.15, 0.2) is 46.1 Å². The summed E-state index contributed by atoms with van der Waals surface area (Å²) in [5.74, 6) is -0.258. The number of hydrogen-bond donors (Lipinski definition) is 3. The maximum atomic E-state index is 12.5. The second-order valence-corrected chi connectivity index (χ2v) is 7.42. The SMILES string of the molecule is Cc1noc(C)c1CSc1ncccc1C(=O)NNC(=O)c1cc(Cl)ccc1O. The highest BCUT2D eigenvalue weighted by Gasteiger charge is 2.17. The summed E-state index contributed by atoms with van der Waals surface area (Å²) < 4.78 is 5.15. The molecule has 0 unspecified atom stereocenters. The number of rotatable bonds is 5. The molecule has 0 aliphatic carbocycles. The van der Waals surface area contributed by atoms with Crippen LogP contribution in [0.4, 0.5) is 0 Å². The quantitative estimate of drug-likeness (QED) is 0.417. The number of hydrazine groups is 1. The molecule has 0 atom stereocenters. The number of phenolic OH excluding ortho intramolecular Hbond substituents is 1. The Labute approximate surface area is 175 Å². The predicted molar refractivity (Wildman–Crippen MR) is 108 cm³/mol. The van der Waals surface area contributed by atoms with Gasteiger partial charge in [0.1, 0.15) is 16.5 Å². The van der Waals surface area contributed by atoms with Crippen molar-refractivity contribution >= 4 is 35.2 Å². The van der Waals surface area contributed by atoms with Gasteiger partial charge in [0, 0.05) is 22.5 Å². The summed E-state index contributed by atoms with van der Waals surface area (Å²) in [6.45, 7) is 3.67. The van der Waals surface area contributed by atoms with E-state index in [4.69, 9.17) is 16.1 Å². The molecular formula is C19H17ClN4O4S. The maximum Gasteiger partial charge on any atom is 0.273 e. The van der Waals surface area contributed by atoms with Crippen molar-refractivity contribution in [3.63, 3.8) is 0 Å². The van der Waals surface area contributed by atoms with Crippen molar-refractivity contribution < 1.29 is 19.2 Å². The topological polar surface area (TPSA) is 117 Å². The third-order valence-electron chi connectivity index (χ3n) is 4.04. The smallest absolute Gasteiger partial charge is 0.273 e. The number of benzene rings is 1.